The molecule has 0 aromatic carbocycles. The maximum Gasteiger partial charge on any atom is 2.00 e. The van der Waals surface area contributed by atoms with Gasteiger partial charge >= 0.3 is 40.8 Å². The molecule has 0 aromatic heterocycles. The molecule has 0 amide bonds. The van der Waals surface area contributed by atoms with Gasteiger partial charge in [0.2, 0.25) is 0 Å². The van der Waals surface area contributed by atoms with Crippen LogP contribution in [0.2, 0.25) is 0 Å². The molecule has 736 valence electrons. The van der Waals surface area contributed by atoms with Crippen LogP contribution in [0.4, 0.5) is 0 Å². The standard InChI is InChI=1S/20C3H6O3.2Pd/c20*1-2(4)3(5)6;;/h20*2,4H,1H3,(H,5,6);;/q;;;;;;;;;;;;;;;;;;;;2*+2/p-20. The zero-order valence-corrected chi connectivity index (χ0v) is 70.6. The third-order valence-corrected chi connectivity index (χ3v) is 6.82. The number of carbonyl (C=O) groups is 20. The van der Waals surface area contributed by atoms with Crippen LogP contribution in [0.15, 0.2) is 0 Å². The summed E-state index contributed by atoms with van der Waals surface area (Å²) in [5.41, 5.74) is 0. The number of hydrogen-bond acceptors (Lipinski definition) is 60. The molecule has 0 heterocycles. The van der Waals surface area contributed by atoms with Crippen LogP contribution in [0, 0.1) is 0 Å². The fourth-order valence-corrected chi connectivity index (χ4v) is 0. The van der Waals surface area contributed by atoms with E-state index in [1.807, 2.05) is 0 Å². The largest absolute Gasteiger partial charge is 2.00 e. The van der Waals surface area contributed by atoms with E-state index in [1.54, 1.807) is 0 Å². The molecular formula is C60H100O60Pd2-16. The van der Waals surface area contributed by atoms with Gasteiger partial charge in [0, 0.05) is 0 Å². The molecule has 0 rings (SSSR count). The minimum Gasteiger partial charge on any atom is -0.547 e. The van der Waals surface area contributed by atoms with Crippen LogP contribution in [-0.2, 0) is 137 Å². The van der Waals surface area contributed by atoms with E-state index in [9.17, 15) is 198 Å². The second-order valence-electron chi connectivity index (χ2n) is 19.9. The average Bonchev–Trinajstić information content (AvgIpc) is 3.59. The number of carboxylic acid groups (broad SMARTS) is 20. The minimum absolute atomic E-state index is 0. The van der Waals surface area contributed by atoms with Gasteiger partial charge < -0.3 is 300 Å². The van der Waals surface area contributed by atoms with E-state index < -0.39 is 241 Å². The van der Waals surface area contributed by atoms with Crippen LogP contribution >= 0.6 is 0 Å². The van der Waals surface area contributed by atoms with Gasteiger partial charge in [-0.05, 0) is 138 Å². The molecule has 122 heavy (non-hydrogen) atoms. The molecular weight excluding hydrogens is 1890 g/mol. The Balaban J connectivity index is -0.0000000431. The molecule has 20 atom stereocenters. The van der Waals surface area contributed by atoms with Crippen LogP contribution in [0.5, 0.6) is 0 Å². The summed E-state index contributed by atoms with van der Waals surface area (Å²) >= 11 is 0. The molecule has 0 bridgehead atoms. The molecule has 0 fully saturated rings. The predicted molar refractivity (Wildman–Crippen MR) is 334 cm³/mol. The van der Waals surface area contributed by atoms with Gasteiger partial charge in [-0.25, -0.2) is 0 Å². The molecule has 20 unspecified atom stereocenters. The predicted octanol–water partition coefficient (Wildman–Crippen LogP) is -37.7. The second kappa shape index (κ2) is 111. The minimum atomic E-state index is -1.44. The maximum absolute atomic E-state index is 9.34. The molecule has 0 spiro atoms. The van der Waals surface area contributed by atoms with E-state index >= 15 is 0 Å². The maximum atomic E-state index is 9.34. The first kappa shape index (κ1) is 170. The molecule has 0 aliphatic carbocycles. The number of carbonyl (C=O) groups excluding carboxylic acids is 20. The Morgan fingerprint density at radius 2 is 0.115 bits per heavy atom. The third kappa shape index (κ3) is 267. The topological polar surface area (TPSA) is 1210 Å². The fraction of sp³-hybridized carbons (Fsp3) is 0.667. The van der Waals surface area contributed by atoms with E-state index in [2.05, 4.69) is 0 Å². The molecule has 0 aromatic rings. The van der Waals surface area contributed by atoms with E-state index in [0.717, 1.165) is 138 Å². The molecule has 62 heteroatoms. The van der Waals surface area contributed by atoms with E-state index in [0.29, 0.717) is 0 Å². The van der Waals surface area contributed by atoms with Gasteiger partial charge in [0.25, 0.3) is 0 Å². The van der Waals surface area contributed by atoms with Crippen molar-refractivity contribution in [1.29, 1.82) is 0 Å². The van der Waals surface area contributed by atoms with Gasteiger partial charge in [-0.1, -0.05) is 0 Å². The fourth-order valence-electron chi connectivity index (χ4n) is 0. The Bertz CT molecular complexity index is 1930. The quantitative estimate of drug-likeness (QED) is 0.0503. The first-order valence-electron chi connectivity index (χ1n) is 30.6. The van der Waals surface area contributed by atoms with Crippen molar-refractivity contribution in [3.63, 3.8) is 0 Å². The summed E-state index contributed by atoms with van der Waals surface area (Å²) in [7, 11) is 0. The van der Waals surface area contributed by atoms with Crippen molar-refractivity contribution in [3.8, 4) is 0 Å². The molecule has 60 nitrogen and oxygen atoms in total. The number of rotatable bonds is 20. The van der Waals surface area contributed by atoms with Crippen molar-refractivity contribution in [3.05, 3.63) is 0 Å². The van der Waals surface area contributed by atoms with E-state index in [-0.39, 0.29) is 40.8 Å². The van der Waals surface area contributed by atoms with Crippen molar-refractivity contribution in [2.24, 2.45) is 0 Å². The smallest absolute Gasteiger partial charge is 0.547 e. The number of aliphatic hydroxyl groups is 20. The van der Waals surface area contributed by atoms with Gasteiger partial charge in [0.1, 0.15) is 0 Å². The molecule has 0 saturated carbocycles. The Morgan fingerprint density at radius 3 is 0.115 bits per heavy atom. The number of hydrogen-bond donors (Lipinski definition) is 20. The first-order chi connectivity index (χ1) is 52.9. The first-order valence-corrected chi connectivity index (χ1v) is 30.6. The Labute approximate surface area is 718 Å². The van der Waals surface area contributed by atoms with Crippen LogP contribution in [0.3, 0.4) is 0 Å². The van der Waals surface area contributed by atoms with Crippen molar-refractivity contribution < 1.29 is 341 Å². The zero-order valence-electron chi connectivity index (χ0n) is 67.5. The van der Waals surface area contributed by atoms with Gasteiger partial charge in [0.15, 0.2) is 0 Å². The summed E-state index contributed by atoms with van der Waals surface area (Å²) < 4.78 is 0. The summed E-state index contributed by atoms with van der Waals surface area (Å²) in [5, 5.41) is 346. The third-order valence-electron chi connectivity index (χ3n) is 6.82. The average molecular weight is 1990 g/mol. The molecule has 0 saturated heterocycles. The normalized spacial score (nSPS) is 13.4. The van der Waals surface area contributed by atoms with Crippen molar-refractivity contribution in [2.45, 2.75) is 261 Å². The molecule has 0 aliphatic heterocycles. The van der Waals surface area contributed by atoms with Crippen molar-refractivity contribution in [2.75, 3.05) is 0 Å². The van der Waals surface area contributed by atoms with Crippen molar-refractivity contribution in [1.82, 2.24) is 0 Å². The monoisotopic (exact) mass is 1990 g/mol. The van der Waals surface area contributed by atoms with Crippen LogP contribution in [0.1, 0.15) is 138 Å². The molecule has 0 radical (unpaired) electrons. The Morgan fingerprint density at radius 1 is 0.107 bits per heavy atom. The number of aliphatic carboxylic acids is 20. The summed E-state index contributed by atoms with van der Waals surface area (Å²) in [6.45, 7) is 22.7. The summed E-state index contributed by atoms with van der Waals surface area (Å²) in [6, 6.07) is 0. The molecule has 20 N–H and O–H groups in total. The van der Waals surface area contributed by atoms with Gasteiger partial charge in [-0.3, -0.25) is 0 Å². The van der Waals surface area contributed by atoms with Crippen LogP contribution in [0.25, 0.3) is 0 Å². The second-order valence-corrected chi connectivity index (χ2v) is 19.9. The Hall–Kier alpha value is -10.1. The van der Waals surface area contributed by atoms with Gasteiger partial charge in [-0.15, -0.1) is 0 Å². The van der Waals surface area contributed by atoms with E-state index in [4.69, 9.17) is 102 Å². The van der Waals surface area contributed by atoms with Crippen LogP contribution in [-0.4, -0.2) is 344 Å². The SMILES string of the molecule is CC(O)C(=O)[O-].CC(O)C(=O)[O-].CC(O)C(=O)[O-].CC(O)C(=O)[O-].CC(O)C(=O)[O-].CC(O)C(=O)[O-].CC(O)C(=O)[O-].CC(O)C(=O)[O-].CC(O)C(=O)[O-].CC(O)C(=O)[O-].CC(O)C(=O)[O-].CC(O)C(=O)[O-].CC(O)C(=O)[O-].CC(O)C(=O)[O-].CC(O)C(=O)[O-].CC(O)C(=O)[O-].CC(O)C(=O)[O-].CC(O)C(=O)[O-].CC(O)C(=O)[O-].CC(O)C(=O)[O-].[Pd+2].[Pd+2]. The summed E-state index contributed by atoms with van der Waals surface area (Å²) in [5.74, 6) is -28.7. The zero-order chi connectivity index (χ0) is 103. The van der Waals surface area contributed by atoms with Crippen LogP contribution < -0.4 is 102 Å². The number of aliphatic hydroxyl groups excluding tert-OH is 20. The summed E-state index contributed by atoms with van der Waals surface area (Å²) in [4.78, 5) is 187. The summed E-state index contributed by atoms with van der Waals surface area (Å²) in [6.07, 6.45) is -26.9. The van der Waals surface area contributed by atoms with E-state index in [1.165, 1.54) is 0 Å². The Kier molecular flexibility index (Phi) is 155. The number of carboxylic acids is 20. The molecule has 0 aliphatic rings. The van der Waals surface area contributed by atoms with Gasteiger partial charge in [-0.2, -0.15) is 0 Å². The van der Waals surface area contributed by atoms with Gasteiger partial charge in [0.05, 0.1) is 241 Å². The van der Waals surface area contributed by atoms with Crippen molar-refractivity contribution >= 4 is 119 Å².